The Morgan fingerprint density at radius 2 is 1.80 bits per heavy atom. The van der Waals surface area contributed by atoms with Gasteiger partial charge in [-0.15, -0.1) is 0 Å². The van der Waals surface area contributed by atoms with Gasteiger partial charge in [0.1, 0.15) is 13.2 Å². The van der Waals surface area contributed by atoms with Crippen LogP contribution in [0.2, 0.25) is 0 Å². The fourth-order valence-corrected chi connectivity index (χ4v) is 3.13. The second-order valence-corrected chi connectivity index (χ2v) is 6.47. The average Bonchev–Trinajstić information content (AvgIpc) is 2.67. The number of fused-ring (bicyclic) bond motifs is 1. The molecular weight excluding hydrogens is 314 g/mol. The van der Waals surface area contributed by atoms with Crippen molar-refractivity contribution in [3.8, 4) is 11.5 Å². The molecule has 0 aliphatic carbocycles. The quantitative estimate of drug-likeness (QED) is 0.868. The molecule has 4 nitrogen and oxygen atoms in total. The summed E-state index contributed by atoms with van der Waals surface area (Å²) in [5.41, 5.74) is 2.07. The fourth-order valence-electron chi connectivity index (χ4n) is 3.13. The van der Waals surface area contributed by atoms with E-state index in [1.54, 1.807) is 0 Å². The third-order valence-corrected chi connectivity index (χ3v) is 4.73. The summed E-state index contributed by atoms with van der Waals surface area (Å²) in [6.45, 7) is 5.87. The Morgan fingerprint density at radius 1 is 1.08 bits per heavy atom. The highest BCUT2D eigenvalue weighted by Crippen LogP contribution is 2.31. The van der Waals surface area contributed by atoms with Gasteiger partial charge in [0.25, 0.3) is 0 Å². The molecule has 1 N–H and O–H groups in total. The van der Waals surface area contributed by atoms with Gasteiger partial charge in [-0.25, -0.2) is 0 Å². The number of hydrogen-bond acceptors (Lipinski definition) is 3. The highest BCUT2D eigenvalue weighted by Gasteiger charge is 2.25. The van der Waals surface area contributed by atoms with Gasteiger partial charge in [0.05, 0.1) is 5.92 Å². The molecule has 0 radical (unpaired) electrons. The van der Waals surface area contributed by atoms with Crippen molar-refractivity contribution in [2.45, 2.75) is 32.7 Å². The number of benzene rings is 2. The van der Waals surface area contributed by atoms with Crippen LogP contribution < -0.4 is 14.8 Å². The molecule has 2 unspecified atom stereocenters. The SMILES string of the molecule is CCC(C)C(C(=O)NCc1ccc2c(c1)OCCO2)c1ccccc1. The van der Waals surface area contributed by atoms with E-state index in [4.69, 9.17) is 9.47 Å². The van der Waals surface area contributed by atoms with Crippen LogP contribution in [0, 0.1) is 5.92 Å². The summed E-state index contributed by atoms with van der Waals surface area (Å²) in [4.78, 5) is 12.8. The zero-order valence-electron chi connectivity index (χ0n) is 14.8. The Morgan fingerprint density at radius 3 is 2.52 bits per heavy atom. The van der Waals surface area contributed by atoms with Crippen LogP contribution in [0.15, 0.2) is 48.5 Å². The maximum atomic E-state index is 12.8. The van der Waals surface area contributed by atoms with Gasteiger partial charge in [-0.05, 0) is 29.2 Å². The zero-order chi connectivity index (χ0) is 17.6. The van der Waals surface area contributed by atoms with Gasteiger partial charge in [0.15, 0.2) is 11.5 Å². The van der Waals surface area contributed by atoms with Crippen molar-refractivity contribution in [3.63, 3.8) is 0 Å². The molecule has 1 heterocycles. The second-order valence-electron chi connectivity index (χ2n) is 6.47. The van der Waals surface area contributed by atoms with Crippen LogP contribution in [0.1, 0.15) is 37.3 Å². The van der Waals surface area contributed by atoms with E-state index in [2.05, 4.69) is 19.2 Å². The number of rotatable bonds is 6. The molecule has 2 atom stereocenters. The number of carbonyl (C=O) groups is 1. The highest BCUT2D eigenvalue weighted by atomic mass is 16.6. The topological polar surface area (TPSA) is 47.6 Å². The van der Waals surface area contributed by atoms with Gasteiger partial charge in [-0.1, -0.05) is 56.7 Å². The monoisotopic (exact) mass is 339 g/mol. The lowest BCUT2D eigenvalue weighted by Gasteiger charge is -2.23. The molecular formula is C21H25NO3. The van der Waals surface area contributed by atoms with Crippen LogP contribution in [-0.2, 0) is 11.3 Å². The van der Waals surface area contributed by atoms with E-state index in [9.17, 15) is 4.79 Å². The summed E-state index contributed by atoms with van der Waals surface area (Å²) >= 11 is 0. The van der Waals surface area contributed by atoms with Crippen LogP contribution in [0.5, 0.6) is 11.5 Å². The summed E-state index contributed by atoms with van der Waals surface area (Å²) < 4.78 is 11.1. The number of nitrogens with one attached hydrogen (secondary N) is 1. The lowest BCUT2D eigenvalue weighted by atomic mass is 9.85. The van der Waals surface area contributed by atoms with Gasteiger partial charge in [-0.2, -0.15) is 0 Å². The third-order valence-electron chi connectivity index (χ3n) is 4.73. The highest BCUT2D eigenvalue weighted by molar-refractivity contribution is 5.84. The van der Waals surface area contributed by atoms with Gasteiger partial charge in [-0.3, -0.25) is 4.79 Å². The molecule has 0 fully saturated rings. The largest absolute Gasteiger partial charge is 0.486 e. The molecule has 0 aromatic heterocycles. The molecule has 1 aliphatic heterocycles. The Hall–Kier alpha value is -2.49. The van der Waals surface area contributed by atoms with Gasteiger partial charge in [0, 0.05) is 6.54 Å². The smallest absolute Gasteiger partial charge is 0.228 e. The molecule has 0 saturated heterocycles. The Bertz CT molecular complexity index is 714. The van der Waals surface area contributed by atoms with Crippen LogP contribution in [0.3, 0.4) is 0 Å². The van der Waals surface area contributed by atoms with Crippen LogP contribution in [0.4, 0.5) is 0 Å². The van der Waals surface area contributed by atoms with Crippen molar-refractivity contribution in [2.75, 3.05) is 13.2 Å². The summed E-state index contributed by atoms with van der Waals surface area (Å²) in [5.74, 6) is 1.73. The Balaban J connectivity index is 1.69. The predicted octanol–water partition coefficient (Wildman–Crippen LogP) is 3.90. The molecule has 25 heavy (non-hydrogen) atoms. The Kier molecular flexibility index (Phi) is 5.59. The van der Waals surface area contributed by atoms with E-state index in [0.717, 1.165) is 29.0 Å². The first-order chi connectivity index (χ1) is 12.2. The van der Waals surface area contributed by atoms with E-state index < -0.39 is 0 Å². The van der Waals surface area contributed by atoms with Crippen molar-refractivity contribution < 1.29 is 14.3 Å². The van der Waals surface area contributed by atoms with E-state index in [1.165, 1.54) is 0 Å². The van der Waals surface area contributed by atoms with E-state index in [0.29, 0.717) is 19.8 Å². The second kappa shape index (κ2) is 8.06. The van der Waals surface area contributed by atoms with E-state index in [-0.39, 0.29) is 17.7 Å². The van der Waals surface area contributed by atoms with Crippen LogP contribution in [-0.4, -0.2) is 19.1 Å². The molecule has 4 heteroatoms. The summed E-state index contributed by atoms with van der Waals surface area (Å²) in [7, 11) is 0. The van der Waals surface area contributed by atoms with E-state index >= 15 is 0 Å². The molecule has 3 rings (SSSR count). The van der Waals surface area contributed by atoms with Crippen molar-refractivity contribution in [2.24, 2.45) is 5.92 Å². The molecule has 2 aromatic rings. The lowest BCUT2D eigenvalue weighted by Crippen LogP contribution is -2.32. The number of hydrogen-bond donors (Lipinski definition) is 1. The summed E-state index contributed by atoms with van der Waals surface area (Å²) in [5, 5.41) is 3.08. The summed E-state index contributed by atoms with van der Waals surface area (Å²) in [6, 6.07) is 15.8. The molecule has 1 aliphatic rings. The van der Waals surface area contributed by atoms with Crippen LogP contribution in [0.25, 0.3) is 0 Å². The minimum atomic E-state index is -0.136. The predicted molar refractivity (Wildman–Crippen MR) is 97.9 cm³/mol. The van der Waals surface area contributed by atoms with Crippen molar-refractivity contribution in [1.82, 2.24) is 5.32 Å². The molecule has 0 bridgehead atoms. The minimum absolute atomic E-state index is 0.0652. The number of carbonyl (C=O) groups excluding carboxylic acids is 1. The first-order valence-electron chi connectivity index (χ1n) is 8.90. The lowest BCUT2D eigenvalue weighted by molar-refractivity contribution is -0.123. The summed E-state index contributed by atoms with van der Waals surface area (Å²) in [6.07, 6.45) is 0.955. The van der Waals surface area contributed by atoms with Crippen molar-refractivity contribution >= 4 is 5.91 Å². The third kappa shape index (κ3) is 4.13. The molecule has 0 saturated carbocycles. The van der Waals surface area contributed by atoms with Crippen LogP contribution >= 0.6 is 0 Å². The van der Waals surface area contributed by atoms with Crippen molar-refractivity contribution in [3.05, 3.63) is 59.7 Å². The number of amides is 1. The normalized spacial score (nSPS) is 15.3. The molecule has 132 valence electrons. The first kappa shape index (κ1) is 17.3. The van der Waals surface area contributed by atoms with Gasteiger partial charge < -0.3 is 14.8 Å². The molecule has 2 aromatic carbocycles. The van der Waals surface area contributed by atoms with Gasteiger partial charge >= 0.3 is 0 Å². The zero-order valence-corrected chi connectivity index (χ0v) is 14.8. The maximum absolute atomic E-state index is 12.8. The molecule has 1 amide bonds. The minimum Gasteiger partial charge on any atom is -0.486 e. The maximum Gasteiger partial charge on any atom is 0.228 e. The van der Waals surface area contributed by atoms with Crippen molar-refractivity contribution in [1.29, 1.82) is 0 Å². The Labute approximate surface area is 149 Å². The average molecular weight is 339 g/mol. The standard InChI is InChI=1S/C21H25NO3/c1-3-15(2)20(17-7-5-4-6-8-17)21(23)22-14-16-9-10-18-19(13-16)25-12-11-24-18/h4-10,13,15,20H,3,11-12,14H2,1-2H3,(H,22,23). The van der Waals surface area contributed by atoms with Gasteiger partial charge in [0.2, 0.25) is 5.91 Å². The first-order valence-corrected chi connectivity index (χ1v) is 8.90. The molecule has 0 spiro atoms. The van der Waals surface area contributed by atoms with E-state index in [1.807, 2.05) is 48.5 Å². The number of ether oxygens (including phenoxy) is 2. The fraction of sp³-hybridized carbons (Fsp3) is 0.381.